The lowest BCUT2D eigenvalue weighted by atomic mass is 10.2. The molecule has 0 spiro atoms. The Kier molecular flexibility index (Phi) is 1.93. The second-order valence-electron chi connectivity index (χ2n) is 5.66. The summed E-state index contributed by atoms with van der Waals surface area (Å²) >= 11 is 0. The zero-order valence-electron chi connectivity index (χ0n) is 9.53. The Morgan fingerprint density at radius 2 is 2.27 bits per heavy atom. The van der Waals surface area contributed by atoms with Crippen LogP contribution >= 0.6 is 0 Å². The van der Waals surface area contributed by atoms with Gasteiger partial charge in [0.2, 0.25) is 0 Å². The summed E-state index contributed by atoms with van der Waals surface area (Å²) < 4.78 is 2.36. The average Bonchev–Trinajstić information content (AvgIpc) is 3.05. The van der Waals surface area contributed by atoms with Crippen molar-refractivity contribution in [1.29, 1.82) is 0 Å². The molecule has 1 unspecified atom stereocenters. The van der Waals surface area contributed by atoms with Crippen molar-refractivity contribution >= 4 is 0 Å². The van der Waals surface area contributed by atoms with Gasteiger partial charge in [0.25, 0.3) is 0 Å². The van der Waals surface area contributed by atoms with Gasteiger partial charge in [0.15, 0.2) is 0 Å². The van der Waals surface area contributed by atoms with Crippen LogP contribution in [0.3, 0.4) is 0 Å². The third-order valence-electron chi connectivity index (χ3n) is 3.69. The molecule has 3 nitrogen and oxygen atoms in total. The predicted molar refractivity (Wildman–Crippen MR) is 59.5 cm³/mol. The van der Waals surface area contributed by atoms with Gasteiger partial charge in [-0.2, -0.15) is 0 Å². The van der Waals surface area contributed by atoms with Crippen LogP contribution in [0.1, 0.15) is 44.8 Å². The maximum atomic E-state index is 4.27. The first-order chi connectivity index (χ1) is 7.17. The van der Waals surface area contributed by atoms with Crippen LogP contribution in [0.4, 0.5) is 0 Å². The van der Waals surface area contributed by atoms with Crippen molar-refractivity contribution in [2.45, 2.75) is 51.7 Å². The summed E-state index contributed by atoms with van der Waals surface area (Å²) in [5, 5.41) is 3.55. The third-order valence-corrected chi connectivity index (χ3v) is 3.69. The molecule has 1 atom stereocenters. The van der Waals surface area contributed by atoms with Gasteiger partial charge in [-0.1, -0.05) is 13.8 Å². The first-order valence-electron chi connectivity index (χ1n) is 5.91. The van der Waals surface area contributed by atoms with Crippen LogP contribution in [0.2, 0.25) is 0 Å². The minimum atomic E-state index is 0.481. The fraction of sp³-hybridized carbons (Fsp3) is 0.750. The van der Waals surface area contributed by atoms with E-state index in [0.29, 0.717) is 11.5 Å². The quantitative estimate of drug-likeness (QED) is 0.816. The molecule has 2 aliphatic carbocycles. The van der Waals surface area contributed by atoms with Crippen molar-refractivity contribution in [3.05, 3.63) is 18.2 Å². The zero-order chi connectivity index (χ0) is 10.5. The predicted octanol–water partition coefficient (Wildman–Crippen LogP) is 2.11. The van der Waals surface area contributed by atoms with Crippen molar-refractivity contribution in [3.8, 4) is 0 Å². The molecule has 2 fully saturated rings. The number of rotatable bonds is 4. The topological polar surface area (TPSA) is 29.9 Å². The van der Waals surface area contributed by atoms with Gasteiger partial charge < -0.3 is 9.88 Å². The standard InChI is InChI=1S/C12H19N3/c1-12(2)5-11(12)15-8-13-6-10(15)7-14-9-3-4-9/h6,8-9,11,14H,3-5,7H2,1-2H3. The van der Waals surface area contributed by atoms with Gasteiger partial charge in [-0.25, -0.2) is 4.98 Å². The van der Waals surface area contributed by atoms with Crippen LogP contribution in [-0.4, -0.2) is 15.6 Å². The Morgan fingerprint density at radius 3 is 2.87 bits per heavy atom. The third kappa shape index (κ3) is 1.81. The average molecular weight is 205 g/mol. The lowest BCUT2D eigenvalue weighted by molar-refractivity contribution is 0.519. The van der Waals surface area contributed by atoms with Gasteiger partial charge in [0.1, 0.15) is 0 Å². The van der Waals surface area contributed by atoms with Gasteiger partial charge in [0, 0.05) is 24.8 Å². The van der Waals surface area contributed by atoms with E-state index in [2.05, 4.69) is 28.7 Å². The lowest BCUT2D eigenvalue weighted by Gasteiger charge is -2.10. The molecule has 0 saturated heterocycles. The highest BCUT2D eigenvalue weighted by Gasteiger charge is 2.47. The molecule has 3 rings (SSSR count). The van der Waals surface area contributed by atoms with E-state index in [1.807, 2.05) is 12.5 Å². The molecule has 0 bridgehead atoms. The summed E-state index contributed by atoms with van der Waals surface area (Å²) in [6.45, 7) is 5.64. The van der Waals surface area contributed by atoms with E-state index in [-0.39, 0.29) is 0 Å². The van der Waals surface area contributed by atoms with Crippen LogP contribution in [0.25, 0.3) is 0 Å². The van der Waals surface area contributed by atoms with Crippen LogP contribution in [0.5, 0.6) is 0 Å². The summed E-state index contributed by atoms with van der Waals surface area (Å²) in [6, 6.07) is 1.46. The number of hydrogen-bond donors (Lipinski definition) is 1. The Bertz CT molecular complexity index is 363. The lowest BCUT2D eigenvalue weighted by Crippen LogP contribution is -2.18. The molecule has 0 aliphatic heterocycles. The van der Waals surface area contributed by atoms with E-state index >= 15 is 0 Å². The van der Waals surface area contributed by atoms with Crippen LogP contribution in [-0.2, 0) is 6.54 Å². The SMILES string of the molecule is CC1(C)CC1n1cncc1CNC1CC1. The van der Waals surface area contributed by atoms with Crippen LogP contribution in [0, 0.1) is 5.41 Å². The van der Waals surface area contributed by atoms with E-state index in [1.54, 1.807) is 0 Å². The maximum Gasteiger partial charge on any atom is 0.0951 e. The summed E-state index contributed by atoms with van der Waals surface area (Å²) in [7, 11) is 0. The molecule has 2 saturated carbocycles. The van der Waals surface area contributed by atoms with Crippen molar-refractivity contribution < 1.29 is 0 Å². The fourth-order valence-electron chi connectivity index (χ4n) is 2.20. The molecule has 0 radical (unpaired) electrons. The van der Waals surface area contributed by atoms with Crippen molar-refractivity contribution in [3.63, 3.8) is 0 Å². The zero-order valence-corrected chi connectivity index (χ0v) is 9.53. The van der Waals surface area contributed by atoms with Crippen LogP contribution < -0.4 is 5.32 Å². The van der Waals surface area contributed by atoms with Crippen LogP contribution in [0.15, 0.2) is 12.5 Å². The van der Waals surface area contributed by atoms with E-state index in [4.69, 9.17) is 0 Å². The monoisotopic (exact) mass is 205 g/mol. The molecule has 2 aliphatic rings. The highest BCUT2D eigenvalue weighted by molar-refractivity contribution is 5.09. The Labute approximate surface area is 90.9 Å². The fourth-order valence-corrected chi connectivity index (χ4v) is 2.20. The minimum Gasteiger partial charge on any atom is -0.330 e. The Balaban J connectivity index is 1.69. The van der Waals surface area contributed by atoms with Gasteiger partial charge in [-0.15, -0.1) is 0 Å². The number of nitrogens with one attached hydrogen (secondary N) is 1. The van der Waals surface area contributed by atoms with Crippen molar-refractivity contribution in [2.75, 3.05) is 0 Å². The summed E-state index contributed by atoms with van der Waals surface area (Å²) in [6.07, 6.45) is 7.99. The maximum absolute atomic E-state index is 4.27. The molecule has 3 heteroatoms. The number of imidazole rings is 1. The number of nitrogens with zero attached hydrogens (tertiary/aromatic N) is 2. The van der Waals surface area contributed by atoms with E-state index in [1.165, 1.54) is 25.0 Å². The van der Waals surface area contributed by atoms with Crippen molar-refractivity contribution in [2.24, 2.45) is 5.41 Å². The molecule has 1 heterocycles. The van der Waals surface area contributed by atoms with E-state index in [0.717, 1.165) is 12.6 Å². The minimum absolute atomic E-state index is 0.481. The molecule has 1 N–H and O–H groups in total. The van der Waals surface area contributed by atoms with Gasteiger partial charge in [-0.05, 0) is 24.7 Å². The molecule has 15 heavy (non-hydrogen) atoms. The van der Waals surface area contributed by atoms with Crippen molar-refractivity contribution in [1.82, 2.24) is 14.9 Å². The smallest absolute Gasteiger partial charge is 0.0951 e. The number of hydrogen-bond acceptors (Lipinski definition) is 2. The first-order valence-corrected chi connectivity index (χ1v) is 5.91. The highest BCUT2D eigenvalue weighted by Crippen LogP contribution is 2.55. The molecule has 0 amide bonds. The summed E-state index contributed by atoms with van der Waals surface area (Å²) in [5.41, 5.74) is 1.83. The molecular formula is C12H19N3. The van der Waals surface area contributed by atoms with E-state index < -0.39 is 0 Å². The molecule has 82 valence electrons. The first kappa shape index (κ1) is 9.40. The second-order valence-corrected chi connectivity index (χ2v) is 5.66. The molecular weight excluding hydrogens is 186 g/mol. The second kappa shape index (κ2) is 3.08. The normalized spacial score (nSPS) is 28.0. The largest absolute Gasteiger partial charge is 0.330 e. The van der Waals surface area contributed by atoms with E-state index in [9.17, 15) is 0 Å². The Morgan fingerprint density at radius 1 is 1.53 bits per heavy atom. The Hall–Kier alpha value is -0.830. The molecule has 1 aromatic heterocycles. The van der Waals surface area contributed by atoms with Gasteiger partial charge in [0.05, 0.1) is 12.0 Å². The summed E-state index contributed by atoms with van der Waals surface area (Å²) in [4.78, 5) is 4.27. The van der Waals surface area contributed by atoms with Gasteiger partial charge in [-0.3, -0.25) is 0 Å². The summed E-state index contributed by atoms with van der Waals surface area (Å²) in [5.74, 6) is 0. The van der Waals surface area contributed by atoms with Gasteiger partial charge >= 0.3 is 0 Å². The number of aromatic nitrogens is 2. The molecule has 1 aromatic rings. The highest BCUT2D eigenvalue weighted by atomic mass is 15.1. The molecule has 0 aromatic carbocycles.